The summed E-state index contributed by atoms with van der Waals surface area (Å²) in [5.41, 5.74) is 0.477. The molecule has 2 atom stereocenters. The predicted octanol–water partition coefficient (Wildman–Crippen LogP) is 3.81. The van der Waals surface area contributed by atoms with E-state index in [1.54, 1.807) is 12.3 Å². The lowest BCUT2D eigenvalue weighted by atomic mass is 9.75. The van der Waals surface area contributed by atoms with Crippen LogP contribution < -0.4 is 10.1 Å². The van der Waals surface area contributed by atoms with Gasteiger partial charge < -0.3 is 10.1 Å². The maximum Gasteiger partial charge on any atom is 0.254 e. The Morgan fingerprint density at radius 2 is 2.21 bits per heavy atom. The molecule has 0 radical (unpaired) electrons. The van der Waals surface area contributed by atoms with Crippen molar-refractivity contribution in [2.45, 2.75) is 30.7 Å². The van der Waals surface area contributed by atoms with Crippen LogP contribution >= 0.6 is 15.9 Å². The van der Waals surface area contributed by atoms with Gasteiger partial charge >= 0.3 is 0 Å². The highest BCUT2D eigenvalue weighted by atomic mass is 79.9. The highest BCUT2D eigenvalue weighted by molar-refractivity contribution is 9.09. The topological polar surface area (TPSA) is 68.5 Å². The quantitative estimate of drug-likeness (QED) is 0.563. The molecule has 6 nitrogen and oxygen atoms in total. The molecular formula is C20H19BrF2N4O2. The van der Waals surface area contributed by atoms with Crippen LogP contribution in [0.3, 0.4) is 0 Å². The molecule has 29 heavy (non-hydrogen) atoms. The largest absolute Gasteiger partial charge is 0.493 e. The number of aromatic nitrogens is 3. The van der Waals surface area contributed by atoms with E-state index in [9.17, 15) is 13.6 Å². The van der Waals surface area contributed by atoms with Gasteiger partial charge in [0.25, 0.3) is 5.91 Å². The first-order valence-electron chi connectivity index (χ1n) is 9.20. The number of amides is 1. The first-order chi connectivity index (χ1) is 14.0. The Hall–Kier alpha value is -2.55. The summed E-state index contributed by atoms with van der Waals surface area (Å²) < 4.78 is 34.4. The monoisotopic (exact) mass is 464 g/mol. The molecule has 152 valence electrons. The number of hydrogen-bond donors (Lipinski definition) is 1. The van der Waals surface area contributed by atoms with Gasteiger partial charge in [-0.25, -0.2) is 18.3 Å². The number of alkyl halides is 3. The molecule has 1 aromatic carbocycles. The zero-order chi connectivity index (χ0) is 20.4. The minimum Gasteiger partial charge on any atom is -0.493 e. The number of halogens is 3. The number of fused-ring (bicyclic) bond motifs is 2. The lowest BCUT2D eigenvalue weighted by molar-refractivity contribution is 0.0668. The van der Waals surface area contributed by atoms with Crippen molar-refractivity contribution < 1.29 is 18.3 Å². The van der Waals surface area contributed by atoms with Gasteiger partial charge in [0.15, 0.2) is 5.65 Å². The van der Waals surface area contributed by atoms with Gasteiger partial charge in [0.1, 0.15) is 5.75 Å². The Morgan fingerprint density at radius 3 is 3.00 bits per heavy atom. The Kier molecular flexibility index (Phi) is 5.49. The van der Waals surface area contributed by atoms with E-state index < -0.39 is 24.3 Å². The van der Waals surface area contributed by atoms with Crippen LogP contribution in [0.15, 0.2) is 48.9 Å². The minimum atomic E-state index is -2.59. The van der Waals surface area contributed by atoms with E-state index in [1.807, 2.05) is 24.3 Å². The summed E-state index contributed by atoms with van der Waals surface area (Å²) in [6.45, 7) is 0.399. The minimum absolute atomic E-state index is 0.173. The lowest BCUT2D eigenvalue weighted by Crippen LogP contribution is -2.56. The Balaban J connectivity index is 1.70. The van der Waals surface area contributed by atoms with E-state index in [0.717, 1.165) is 5.56 Å². The number of hydrogen-bond acceptors (Lipinski definition) is 4. The lowest BCUT2D eigenvalue weighted by Gasteiger charge is -2.43. The maximum atomic E-state index is 13.6. The maximum absolute atomic E-state index is 13.6. The van der Waals surface area contributed by atoms with Crippen LogP contribution in [0, 0.1) is 0 Å². The van der Waals surface area contributed by atoms with Crippen molar-refractivity contribution in [3.8, 4) is 5.75 Å². The molecule has 0 aliphatic carbocycles. The van der Waals surface area contributed by atoms with Gasteiger partial charge in [-0.2, -0.15) is 5.10 Å². The van der Waals surface area contributed by atoms with E-state index in [-0.39, 0.29) is 16.8 Å². The second-order valence-corrected chi connectivity index (χ2v) is 7.60. The third kappa shape index (κ3) is 3.83. The molecule has 1 aliphatic heterocycles. The molecule has 3 aromatic rings. The van der Waals surface area contributed by atoms with Crippen LogP contribution in [-0.2, 0) is 0 Å². The molecule has 0 bridgehead atoms. The van der Waals surface area contributed by atoms with Crippen molar-refractivity contribution in [1.82, 2.24) is 19.9 Å². The molecule has 1 amide bonds. The van der Waals surface area contributed by atoms with Gasteiger partial charge in [0.2, 0.25) is 6.43 Å². The summed E-state index contributed by atoms with van der Waals surface area (Å²) in [6, 6.07) is 9.08. The van der Waals surface area contributed by atoms with Crippen LogP contribution in [0.25, 0.3) is 5.65 Å². The van der Waals surface area contributed by atoms with E-state index >= 15 is 0 Å². The zero-order valence-corrected chi connectivity index (χ0v) is 17.0. The van der Waals surface area contributed by atoms with Crippen LogP contribution in [0.2, 0.25) is 0 Å². The van der Waals surface area contributed by atoms with Crippen molar-refractivity contribution >= 4 is 27.5 Å². The molecular weight excluding hydrogens is 446 g/mol. The van der Waals surface area contributed by atoms with Gasteiger partial charge in [0.05, 0.1) is 23.9 Å². The number of benzene rings is 1. The summed E-state index contributed by atoms with van der Waals surface area (Å²) in [6.07, 6.45) is 1.98. The van der Waals surface area contributed by atoms with E-state index in [2.05, 4.69) is 31.3 Å². The van der Waals surface area contributed by atoms with Crippen LogP contribution in [0.4, 0.5) is 8.78 Å². The molecule has 1 N–H and O–H groups in total. The van der Waals surface area contributed by atoms with Crippen molar-refractivity contribution in [2.75, 3.05) is 11.9 Å². The van der Waals surface area contributed by atoms with Crippen molar-refractivity contribution in [2.24, 2.45) is 0 Å². The fourth-order valence-corrected chi connectivity index (χ4v) is 4.64. The summed E-state index contributed by atoms with van der Waals surface area (Å²) in [7, 11) is 0. The molecule has 0 saturated heterocycles. The van der Waals surface area contributed by atoms with Crippen molar-refractivity contribution in [3.05, 3.63) is 60.0 Å². The van der Waals surface area contributed by atoms with Crippen LogP contribution in [0.1, 0.15) is 34.7 Å². The van der Waals surface area contributed by atoms with Crippen molar-refractivity contribution in [1.29, 1.82) is 0 Å². The number of nitrogens with one attached hydrogen (secondary N) is 1. The molecule has 0 unspecified atom stereocenters. The highest BCUT2D eigenvalue weighted by Gasteiger charge is 2.44. The third-order valence-electron chi connectivity index (χ3n) is 5.25. The molecule has 9 heteroatoms. The summed E-state index contributed by atoms with van der Waals surface area (Å²) in [4.78, 5) is 17.2. The highest BCUT2D eigenvalue weighted by Crippen LogP contribution is 2.43. The van der Waals surface area contributed by atoms with Gasteiger partial charge in [-0.05, 0) is 18.1 Å². The first kappa shape index (κ1) is 19.8. The predicted molar refractivity (Wildman–Crippen MR) is 107 cm³/mol. The van der Waals surface area contributed by atoms with E-state index in [4.69, 9.17) is 4.74 Å². The van der Waals surface area contributed by atoms with Gasteiger partial charge in [-0.3, -0.25) is 4.79 Å². The molecule has 3 heterocycles. The van der Waals surface area contributed by atoms with E-state index in [1.165, 1.54) is 16.9 Å². The first-order valence-corrected chi connectivity index (χ1v) is 10.3. The number of para-hydroxylation sites is 1. The summed E-state index contributed by atoms with van der Waals surface area (Å²) in [5.74, 6) is -0.137. The smallest absolute Gasteiger partial charge is 0.254 e. The number of carbonyl (C=O) groups excluding carboxylic acids is 1. The van der Waals surface area contributed by atoms with E-state index in [0.29, 0.717) is 24.4 Å². The Labute approximate surface area is 174 Å². The van der Waals surface area contributed by atoms with Crippen molar-refractivity contribution in [3.63, 3.8) is 0 Å². The van der Waals surface area contributed by atoms with Crippen LogP contribution in [-0.4, -0.2) is 44.4 Å². The molecule has 4 rings (SSSR count). The molecule has 0 saturated carbocycles. The fraction of sp³-hybridized carbons (Fsp3) is 0.350. The fourth-order valence-electron chi connectivity index (χ4n) is 3.88. The molecule has 0 fully saturated rings. The third-order valence-corrected chi connectivity index (χ3v) is 6.25. The standard InChI is InChI=1S/C20H19BrF2N4O2/c21-12-20(9-17(22)23,15-6-8-29-16-4-2-1-3-14(15)16)26-19(28)13-10-24-18-5-7-25-27(18)11-13/h1-5,7,10-11,15,17H,6,8-9,12H2,(H,26,28)/t15-,20+/m0/s1. The van der Waals surface area contributed by atoms with Crippen LogP contribution in [0.5, 0.6) is 5.75 Å². The second-order valence-electron chi connectivity index (χ2n) is 7.04. The summed E-state index contributed by atoms with van der Waals surface area (Å²) in [5, 5.41) is 7.14. The SMILES string of the molecule is O=C(N[C@@](CBr)(CC(F)F)[C@H]1CCOc2ccccc21)c1cnc2ccnn2c1. The zero-order valence-electron chi connectivity index (χ0n) is 15.4. The molecule has 1 aliphatic rings. The second kappa shape index (κ2) is 8.06. The van der Waals surface area contributed by atoms with Gasteiger partial charge in [-0.1, -0.05) is 34.1 Å². The molecule has 0 spiro atoms. The number of carbonyl (C=O) groups is 1. The Bertz CT molecular complexity index is 1030. The molecule has 2 aromatic heterocycles. The number of nitrogens with zero attached hydrogens (tertiary/aromatic N) is 3. The summed E-state index contributed by atoms with van der Waals surface area (Å²) >= 11 is 3.40. The average molecular weight is 465 g/mol. The Morgan fingerprint density at radius 1 is 1.38 bits per heavy atom. The normalized spacial score (nSPS) is 18.1. The van der Waals surface area contributed by atoms with Gasteiger partial charge in [0, 0.05) is 36.1 Å². The van der Waals surface area contributed by atoms with Gasteiger partial charge in [-0.15, -0.1) is 0 Å². The number of ether oxygens (including phenoxy) is 1. The number of rotatable bonds is 6. The average Bonchev–Trinajstić information content (AvgIpc) is 3.20.